The van der Waals surface area contributed by atoms with Crippen molar-refractivity contribution in [2.24, 2.45) is 5.92 Å². The van der Waals surface area contributed by atoms with Gasteiger partial charge in [0.1, 0.15) is 0 Å². The summed E-state index contributed by atoms with van der Waals surface area (Å²) in [5.41, 5.74) is 3.14. The average molecular weight is 471 g/mol. The molecular formula is C26H30N8O. The Labute approximate surface area is 205 Å². The molecule has 1 N–H and O–H groups in total. The van der Waals surface area contributed by atoms with Crippen molar-refractivity contribution >= 4 is 17.5 Å². The molecule has 1 saturated heterocycles. The highest BCUT2D eigenvalue weighted by atomic mass is 16.2. The fraction of sp³-hybridized carbons (Fsp3) is 0.423. The Morgan fingerprint density at radius 1 is 1.23 bits per heavy atom. The number of hydrogen-bond acceptors (Lipinski definition) is 7. The Morgan fingerprint density at radius 3 is 2.71 bits per heavy atom. The van der Waals surface area contributed by atoms with Crippen LogP contribution in [0.1, 0.15) is 42.1 Å². The summed E-state index contributed by atoms with van der Waals surface area (Å²) >= 11 is 0. The maximum Gasteiger partial charge on any atom is 0.253 e. The van der Waals surface area contributed by atoms with Crippen LogP contribution >= 0.6 is 0 Å². The monoisotopic (exact) mass is 470 g/mol. The lowest BCUT2D eigenvalue weighted by molar-refractivity contribution is 0.0783. The molecule has 2 fully saturated rings. The molecule has 9 heteroatoms. The molecule has 1 aliphatic heterocycles. The van der Waals surface area contributed by atoms with Gasteiger partial charge in [0.15, 0.2) is 0 Å². The van der Waals surface area contributed by atoms with E-state index in [1.807, 2.05) is 46.1 Å². The maximum atomic E-state index is 12.9. The molecule has 1 aliphatic carbocycles. The Balaban J connectivity index is 1.25. The minimum absolute atomic E-state index is 0.0667. The molecule has 180 valence electrons. The predicted molar refractivity (Wildman–Crippen MR) is 133 cm³/mol. The maximum absolute atomic E-state index is 12.9. The number of hydrogen-bond donors (Lipinski definition) is 1. The number of likely N-dealkylation sites (N-methyl/N-ethyl adjacent to an activating group) is 1. The van der Waals surface area contributed by atoms with Crippen molar-refractivity contribution in [1.82, 2.24) is 29.5 Å². The van der Waals surface area contributed by atoms with Crippen molar-refractivity contribution in [3.8, 4) is 17.3 Å². The zero-order valence-electron chi connectivity index (χ0n) is 20.1. The van der Waals surface area contributed by atoms with E-state index in [2.05, 4.69) is 45.4 Å². The van der Waals surface area contributed by atoms with Crippen LogP contribution in [0, 0.1) is 17.2 Å². The number of amides is 1. The van der Waals surface area contributed by atoms with Crippen LogP contribution in [0.5, 0.6) is 0 Å². The zero-order chi connectivity index (χ0) is 24.4. The fourth-order valence-electron chi connectivity index (χ4n) is 4.64. The lowest BCUT2D eigenvalue weighted by atomic mass is 10.1. The first-order valence-corrected chi connectivity index (χ1v) is 12.1. The first-order chi connectivity index (χ1) is 17.0. The number of carbonyl (C=O) groups excluding carboxylic acids is 1. The summed E-state index contributed by atoms with van der Waals surface area (Å²) in [6.07, 6.45) is 9.25. The van der Waals surface area contributed by atoms with Gasteiger partial charge in [0.2, 0.25) is 5.95 Å². The standard InChI is InChI=1S/C26H30N8O/c1-32(2)22-11-14-33(17-22)25(35)19-5-7-21(8-6-19)30-26-28-13-10-23(31-26)20-15-29-34(16-20)24(9-12-27)18-3-4-18/h5-8,10,13,15-16,18,22,24H,3-4,9,11,14,17H2,1-2H3,(H,28,30,31). The first-order valence-electron chi connectivity index (χ1n) is 12.1. The smallest absolute Gasteiger partial charge is 0.253 e. The van der Waals surface area contributed by atoms with Gasteiger partial charge in [-0.25, -0.2) is 9.97 Å². The van der Waals surface area contributed by atoms with Crippen molar-refractivity contribution in [2.75, 3.05) is 32.5 Å². The van der Waals surface area contributed by atoms with E-state index in [1.165, 1.54) is 0 Å². The van der Waals surface area contributed by atoms with Crippen molar-refractivity contribution in [2.45, 2.75) is 37.8 Å². The highest BCUT2D eigenvalue weighted by molar-refractivity contribution is 5.94. The summed E-state index contributed by atoms with van der Waals surface area (Å²) in [6, 6.07) is 12.1. The van der Waals surface area contributed by atoms with Gasteiger partial charge in [0, 0.05) is 48.3 Å². The number of benzene rings is 1. The van der Waals surface area contributed by atoms with Gasteiger partial charge in [0.05, 0.1) is 30.4 Å². The number of anilines is 2. The van der Waals surface area contributed by atoms with Crippen molar-refractivity contribution < 1.29 is 4.79 Å². The van der Waals surface area contributed by atoms with Gasteiger partial charge < -0.3 is 15.1 Å². The van der Waals surface area contributed by atoms with Gasteiger partial charge in [-0.1, -0.05) is 0 Å². The van der Waals surface area contributed by atoms with E-state index in [4.69, 9.17) is 5.26 Å². The summed E-state index contributed by atoms with van der Waals surface area (Å²) in [4.78, 5) is 25.9. The summed E-state index contributed by atoms with van der Waals surface area (Å²) in [5, 5.41) is 16.9. The summed E-state index contributed by atoms with van der Waals surface area (Å²) in [6.45, 7) is 1.55. The van der Waals surface area contributed by atoms with Crippen molar-refractivity contribution in [3.63, 3.8) is 0 Å². The van der Waals surface area contributed by atoms with E-state index in [0.717, 1.165) is 49.3 Å². The molecule has 0 bridgehead atoms. The van der Waals surface area contributed by atoms with Gasteiger partial charge in [0.25, 0.3) is 5.91 Å². The Bertz CT molecular complexity index is 1220. The quantitative estimate of drug-likeness (QED) is 0.535. The van der Waals surface area contributed by atoms with Crippen molar-refractivity contribution in [3.05, 3.63) is 54.5 Å². The summed E-state index contributed by atoms with van der Waals surface area (Å²) in [5.74, 6) is 1.08. The Kier molecular flexibility index (Phi) is 6.47. The molecule has 5 rings (SSSR count). The normalized spacial score (nSPS) is 18.5. The third-order valence-electron chi connectivity index (χ3n) is 6.93. The van der Waals surface area contributed by atoms with Crippen LogP contribution in [0.3, 0.4) is 0 Å². The molecule has 0 radical (unpaired) electrons. The molecule has 2 aromatic heterocycles. The van der Waals surface area contributed by atoms with Crippen LogP contribution in [-0.2, 0) is 0 Å². The molecule has 3 heterocycles. The highest BCUT2D eigenvalue weighted by Crippen LogP contribution is 2.41. The molecule has 9 nitrogen and oxygen atoms in total. The van der Waals surface area contributed by atoms with E-state index in [0.29, 0.717) is 29.9 Å². The van der Waals surface area contributed by atoms with Crippen LogP contribution in [-0.4, -0.2) is 68.7 Å². The van der Waals surface area contributed by atoms with E-state index in [-0.39, 0.29) is 11.9 Å². The van der Waals surface area contributed by atoms with Gasteiger partial charge in [-0.15, -0.1) is 0 Å². The number of aromatic nitrogens is 4. The molecule has 3 aromatic rings. The van der Waals surface area contributed by atoms with Gasteiger partial charge >= 0.3 is 0 Å². The third kappa shape index (κ3) is 5.17. The van der Waals surface area contributed by atoms with Crippen LogP contribution in [0.4, 0.5) is 11.6 Å². The second-order valence-electron chi connectivity index (χ2n) is 9.60. The molecule has 1 saturated carbocycles. The number of rotatable bonds is 8. The second-order valence-corrected chi connectivity index (χ2v) is 9.60. The van der Waals surface area contributed by atoms with Crippen LogP contribution in [0.2, 0.25) is 0 Å². The summed E-state index contributed by atoms with van der Waals surface area (Å²) < 4.78 is 1.91. The molecular weight excluding hydrogens is 440 g/mol. The molecule has 0 spiro atoms. The second kappa shape index (κ2) is 9.84. The lowest BCUT2D eigenvalue weighted by Gasteiger charge is -2.20. The molecule has 2 atom stereocenters. The predicted octanol–water partition coefficient (Wildman–Crippen LogP) is 3.72. The molecule has 2 unspecified atom stereocenters. The minimum Gasteiger partial charge on any atom is -0.337 e. The van der Waals surface area contributed by atoms with Crippen LogP contribution in [0.25, 0.3) is 11.3 Å². The number of nitriles is 1. The van der Waals surface area contributed by atoms with Crippen molar-refractivity contribution in [1.29, 1.82) is 5.26 Å². The van der Waals surface area contributed by atoms with Gasteiger partial charge in [-0.2, -0.15) is 10.4 Å². The fourth-order valence-corrected chi connectivity index (χ4v) is 4.64. The van der Waals surface area contributed by atoms with E-state index >= 15 is 0 Å². The largest absolute Gasteiger partial charge is 0.337 e. The van der Waals surface area contributed by atoms with E-state index in [1.54, 1.807) is 12.4 Å². The third-order valence-corrected chi connectivity index (χ3v) is 6.93. The number of nitrogens with zero attached hydrogens (tertiary/aromatic N) is 7. The topological polar surface area (TPSA) is 103 Å². The lowest BCUT2D eigenvalue weighted by Crippen LogP contribution is -2.34. The van der Waals surface area contributed by atoms with Gasteiger partial charge in [-0.3, -0.25) is 9.48 Å². The molecule has 35 heavy (non-hydrogen) atoms. The van der Waals surface area contributed by atoms with E-state index < -0.39 is 0 Å². The Morgan fingerprint density at radius 2 is 2.03 bits per heavy atom. The SMILES string of the molecule is CN(C)C1CCN(C(=O)c2ccc(Nc3nccc(-c4cnn(C(CC#N)C5CC5)c4)n3)cc2)C1. The molecule has 1 amide bonds. The Hall–Kier alpha value is -3.77. The number of likely N-dealkylation sites (tertiary alicyclic amines) is 1. The molecule has 1 aromatic carbocycles. The highest BCUT2D eigenvalue weighted by Gasteiger charge is 2.33. The first kappa shape index (κ1) is 23.0. The molecule has 2 aliphatic rings. The van der Waals surface area contributed by atoms with E-state index in [9.17, 15) is 4.79 Å². The number of carbonyl (C=O) groups is 1. The van der Waals surface area contributed by atoms with Crippen LogP contribution in [0.15, 0.2) is 48.9 Å². The van der Waals surface area contributed by atoms with Crippen LogP contribution < -0.4 is 5.32 Å². The average Bonchev–Trinajstić information content (AvgIpc) is 3.37. The minimum atomic E-state index is 0.0667. The van der Waals surface area contributed by atoms with Gasteiger partial charge in [-0.05, 0) is 69.6 Å². The zero-order valence-corrected chi connectivity index (χ0v) is 20.1. The number of nitrogens with one attached hydrogen (secondary N) is 1. The summed E-state index contributed by atoms with van der Waals surface area (Å²) in [7, 11) is 4.11.